The average molecular weight is 285 g/mol. The fourth-order valence-corrected chi connectivity index (χ4v) is 1.98. The normalized spacial score (nSPS) is 12.2. The van der Waals surface area contributed by atoms with Crippen molar-refractivity contribution in [1.82, 2.24) is 0 Å². The lowest BCUT2D eigenvalue weighted by molar-refractivity contribution is 0.0692. The molecule has 0 aliphatic carbocycles. The fourth-order valence-electron chi connectivity index (χ4n) is 1.98. The van der Waals surface area contributed by atoms with Crippen LogP contribution in [-0.4, -0.2) is 51.1 Å². The van der Waals surface area contributed by atoms with Gasteiger partial charge in [0.05, 0.1) is 18.8 Å². The molecule has 0 saturated heterocycles. The number of methoxy groups -OCH3 is 2. The van der Waals surface area contributed by atoms with Gasteiger partial charge in [0.15, 0.2) is 0 Å². The van der Waals surface area contributed by atoms with Gasteiger partial charge in [0.2, 0.25) is 0 Å². The first-order chi connectivity index (χ1) is 9.51. The minimum atomic E-state index is -1.28. The van der Waals surface area contributed by atoms with E-state index in [0.717, 1.165) is 0 Å². The molecule has 1 atom stereocenters. The summed E-state index contributed by atoms with van der Waals surface area (Å²) in [7, 11) is 3.19. The van der Waals surface area contributed by atoms with E-state index in [2.05, 4.69) is 0 Å². The van der Waals surface area contributed by atoms with Crippen molar-refractivity contribution in [2.45, 2.75) is 13.0 Å². The first-order valence-corrected chi connectivity index (χ1v) is 6.28. The van der Waals surface area contributed by atoms with Crippen LogP contribution in [0.2, 0.25) is 0 Å². The minimum absolute atomic E-state index is 0.0187. The number of ether oxygens (including phenoxy) is 2. The van der Waals surface area contributed by atoms with Crippen LogP contribution in [0.5, 0.6) is 0 Å². The molecule has 0 aromatic heterocycles. The van der Waals surface area contributed by atoms with Crippen LogP contribution in [-0.2, 0) is 9.47 Å². The predicted octanol–water partition coefficient (Wildman–Crippen LogP) is 2.01. The molecule has 0 heterocycles. The Morgan fingerprint density at radius 1 is 1.40 bits per heavy atom. The maximum atomic E-state index is 13.8. The highest BCUT2D eigenvalue weighted by Gasteiger charge is 2.17. The molecule has 20 heavy (non-hydrogen) atoms. The van der Waals surface area contributed by atoms with E-state index in [4.69, 9.17) is 14.6 Å². The van der Waals surface area contributed by atoms with E-state index in [1.165, 1.54) is 12.1 Å². The molecular weight excluding hydrogens is 265 g/mol. The van der Waals surface area contributed by atoms with Crippen molar-refractivity contribution in [2.75, 3.05) is 38.9 Å². The Kier molecular flexibility index (Phi) is 6.41. The van der Waals surface area contributed by atoms with E-state index in [1.807, 2.05) is 11.8 Å². The molecule has 0 radical (unpaired) electrons. The Morgan fingerprint density at radius 3 is 2.60 bits per heavy atom. The lowest BCUT2D eigenvalue weighted by Crippen LogP contribution is -2.38. The molecule has 0 spiro atoms. The Bertz CT molecular complexity index is 453. The molecule has 0 aliphatic rings. The number of carboxylic acid groups (broad SMARTS) is 1. The summed E-state index contributed by atoms with van der Waals surface area (Å²) in [5.74, 6) is -2.02. The van der Waals surface area contributed by atoms with Crippen LogP contribution in [0.25, 0.3) is 0 Å². The van der Waals surface area contributed by atoms with Crippen LogP contribution in [0.3, 0.4) is 0 Å². The van der Waals surface area contributed by atoms with Gasteiger partial charge in [-0.3, -0.25) is 0 Å². The topological polar surface area (TPSA) is 59.0 Å². The van der Waals surface area contributed by atoms with Gasteiger partial charge < -0.3 is 19.5 Å². The van der Waals surface area contributed by atoms with Crippen LogP contribution in [0.1, 0.15) is 17.3 Å². The van der Waals surface area contributed by atoms with Gasteiger partial charge in [0.25, 0.3) is 0 Å². The van der Waals surface area contributed by atoms with Gasteiger partial charge in [-0.05, 0) is 25.1 Å². The van der Waals surface area contributed by atoms with Gasteiger partial charge >= 0.3 is 5.97 Å². The zero-order valence-corrected chi connectivity index (χ0v) is 11.9. The zero-order valence-electron chi connectivity index (χ0n) is 11.9. The zero-order chi connectivity index (χ0) is 15.1. The van der Waals surface area contributed by atoms with E-state index in [0.29, 0.717) is 25.4 Å². The second kappa shape index (κ2) is 7.81. The largest absolute Gasteiger partial charge is 0.478 e. The molecule has 1 rings (SSSR count). The summed E-state index contributed by atoms with van der Waals surface area (Å²) in [6.07, 6.45) is 0. The summed E-state index contributed by atoms with van der Waals surface area (Å²) in [4.78, 5) is 12.7. The molecule has 5 nitrogen and oxygen atoms in total. The molecule has 1 N–H and O–H groups in total. The highest BCUT2D eigenvalue weighted by molar-refractivity contribution is 5.88. The predicted molar refractivity (Wildman–Crippen MR) is 73.9 cm³/mol. The van der Waals surface area contributed by atoms with Crippen LogP contribution in [0.4, 0.5) is 10.1 Å². The van der Waals surface area contributed by atoms with Crippen molar-refractivity contribution in [1.29, 1.82) is 0 Å². The van der Waals surface area contributed by atoms with Gasteiger partial charge in [0, 0.05) is 32.5 Å². The first kappa shape index (κ1) is 16.4. The van der Waals surface area contributed by atoms with Crippen molar-refractivity contribution in [3.8, 4) is 0 Å². The Morgan fingerprint density at radius 2 is 2.10 bits per heavy atom. The number of aromatic carboxylic acids is 1. The number of benzene rings is 1. The second-order valence-corrected chi connectivity index (χ2v) is 4.46. The number of carboxylic acids is 1. The van der Waals surface area contributed by atoms with Gasteiger partial charge in [-0.2, -0.15) is 0 Å². The molecule has 0 fully saturated rings. The minimum Gasteiger partial charge on any atom is -0.478 e. The lowest BCUT2D eigenvalue weighted by Gasteiger charge is -2.31. The maximum absolute atomic E-state index is 13.8. The van der Waals surface area contributed by atoms with E-state index < -0.39 is 11.8 Å². The number of anilines is 1. The maximum Gasteiger partial charge on any atom is 0.338 e. The lowest BCUT2D eigenvalue weighted by atomic mass is 10.1. The number of halogens is 1. The molecule has 1 unspecified atom stereocenters. The van der Waals surface area contributed by atoms with Crippen molar-refractivity contribution in [2.24, 2.45) is 0 Å². The number of hydrogen-bond acceptors (Lipinski definition) is 4. The van der Waals surface area contributed by atoms with Gasteiger partial charge in [-0.15, -0.1) is 0 Å². The molecule has 0 amide bonds. The third-order valence-electron chi connectivity index (χ3n) is 2.99. The number of rotatable bonds is 8. The first-order valence-electron chi connectivity index (χ1n) is 6.28. The average Bonchev–Trinajstić information content (AvgIpc) is 2.39. The van der Waals surface area contributed by atoms with Crippen molar-refractivity contribution < 1.29 is 23.8 Å². The van der Waals surface area contributed by atoms with Crippen LogP contribution >= 0.6 is 0 Å². The second-order valence-electron chi connectivity index (χ2n) is 4.46. The van der Waals surface area contributed by atoms with Crippen LogP contribution in [0.15, 0.2) is 18.2 Å². The molecule has 0 bridgehead atoms. The Balaban J connectivity index is 3.00. The number of nitrogens with zero attached hydrogens (tertiary/aromatic N) is 1. The molecule has 0 aliphatic heterocycles. The van der Waals surface area contributed by atoms with Crippen molar-refractivity contribution in [3.63, 3.8) is 0 Å². The number of hydrogen-bond donors (Lipinski definition) is 1. The summed E-state index contributed by atoms with van der Waals surface area (Å²) >= 11 is 0. The van der Waals surface area contributed by atoms with Gasteiger partial charge in [-0.1, -0.05) is 0 Å². The Hall–Kier alpha value is -1.66. The summed E-state index contributed by atoms with van der Waals surface area (Å²) in [6.45, 7) is 3.47. The van der Waals surface area contributed by atoms with E-state index >= 15 is 0 Å². The monoisotopic (exact) mass is 285 g/mol. The highest BCUT2D eigenvalue weighted by Crippen LogP contribution is 2.21. The SMILES string of the molecule is COCCN(c1ccc(C(=O)O)c(F)c1)C(C)COC. The summed E-state index contributed by atoms with van der Waals surface area (Å²) < 4.78 is 23.9. The van der Waals surface area contributed by atoms with Crippen molar-refractivity contribution in [3.05, 3.63) is 29.6 Å². The Labute approximate surface area is 117 Å². The molecule has 112 valence electrons. The third kappa shape index (κ3) is 4.18. The van der Waals surface area contributed by atoms with E-state index in [-0.39, 0.29) is 11.6 Å². The van der Waals surface area contributed by atoms with Crippen LogP contribution in [0, 0.1) is 5.82 Å². The molecule has 1 aromatic carbocycles. The van der Waals surface area contributed by atoms with E-state index in [9.17, 15) is 9.18 Å². The fraction of sp³-hybridized carbons (Fsp3) is 0.500. The summed E-state index contributed by atoms with van der Waals surface area (Å²) in [6, 6.07) is 4.11. The smallest absolute Gasteiger partial charge is 0.338 e. The van der Waals surface area contributed by atoms with Crippen LogP contribution < -0.4 is 4.90 Å². The van der Waals surface area contributed by atoms with Gasteiger partial charge in [-0.25, -0.2) is 9.18 Å². The molecule has 6 heteroatoms. The third-order valence-corrected chi connectivity index (χ3v) is 2.99. The molecule has 1 aromatic rings. The number of carbonyl (C=O) groups is 1. The standard InChI is InChI=1S/C14H20FNO4/c1-10(9-20-3)16(6-7-19-2)11-4-5-12(14(17)18)13(15)8-11/h4-5,8,10H,6-7,9H2,1-3H3,(H,17,18). The van der Waals surface area contributed by atoms with Crippen molar-refractivity contribution >= 4 is 11.7 Å². The molecular formula is C14H20FNO4. The summed E-state index contributed by atoms with van der Waals surface area (Å²) in [5, 5.41) is 8.84. The quantitative estimate of drug-likeness (QED) is 0.791. The summed E-state index contributed by atoms with van der Waals surface area (Å²) in [5.41, 5.74) is 0.272. The molecule has 0 saturated carbocycles. The van der Waals surface area contributed by atoms with Gasteiger partial charge in [0.1, 0.15) is 5.82 Å². The van der Waals surface area contributed by atoms with E-state index in [1.54, 1.807) is 20.3 Å². The highest BCUT2D eigenvalue weighted by atomic mass is 19.1.